The van der Waals surface area contributed by atoms with Crippen LogP contribution in [0.2, 0.25) is 36.3 Å². The predicted octanol–water partition coefficient (Wildman–Crippen LogP) is 7.84. The van der Waals surface area contributed by atoms with Crippen LogP contribution in [-0.4, -0.2) is 63.6 Å². The average molecular weight is 591 g/mol. The van der Waals surface area contributed by atoms with Crippen LogP contribution in [-0.2, 0) is 23.1 Å². The van der Waals surface area contributed by atoms with Gasteiger partial charge < -0.3 is 23.1 Å². The summed E-state index contributed by atoms with van der Waals surface area (Å²) < 4.78 is 29.4. The maximum atomic E-state index is 7.68. The molecule has 6 nitrogen and oxygen atoms in total. The summed E-state index contributed by atoms with van der Waals surface area (Å²) in [6, 6.07) is 0. The Morgan fingerprint density at radius 1 is 0.971 bits per heavy atom. The van der Waals surface area contributed by atoms with E-state index in [0.717, 1.165) is 0 Å². The fourth-order valence-corrected chi connectivity index (χ4v) is 5.40. The molecule has 0 bridgehead atoms. The lowest BCUT2D eigenvalue weighted by molar-refractivity contribution is -0.154. The zero-order valence-electron chi connectivity index (χ0n) is 23.5. The van der Waals surface area contributed by atoms with Gasteiger partial charge in [-0.1, -0.05) is 82.4 Å². The van der Waals surface area contributed by atoms with E-state index in [2.05, 4.69) is 67.7 Å². The quantitative estimate of drug-likeness (QED) is 0.0974. The summed E-state index contributed by atoms with van der Waals surface area (Å²) in [4.78, 5) is 0. The number of alkyl halides is 3. The van der Waals surface area contributed by atoms with Crippen molar-refractivity contribution in [1.82, 2.24) is 0 Å². The molecule has 0 aliphatic carbocycles. The van der Waals surface area contributed by atoms with E-state index < -0.39 is 38.2 Å². The third-order valence-corrected chi connectivity index (χ3v) is 16.6. The van der Waals surface area contributed by atoms with Crippen molar-refractivity contribution in [1.29, 1.82) is 5.41 Å². The maximum Gasteiger partial charge on any atom is 0.265 e. The molecule has 0 spiro atoms. The van der Waals surface area contributed by atoms with Gasteiger partial charge in [-0.15, -0.1) is 0 Å². The Bertz CT molecular complexity index is 756. The molecule has 1 saturated heterocycles. The second-order valence-corrected chi connectivity index (χ2v) is 24.5. The second-order valence-electron chi connectivity index (χ2n) is 12.6. The fourth-order valence-electron chi connectivity index (χ4n) is 2.91. The minimum Gasteiger partial charge on any atom is -0.474 e. The Kier molecular flexibility index (Phi) is 11.1. The van der Waals surface area contributed by atoms with Crippen LogP contribution in [0.1, 0.15) is 55.4 Å². The molecule has 35 heavy (non-hydrogen) atoms. The zero-order chi connectivity index (χ0) is 27.7. The molecule has 206 valence electrons. The highest BCUT2D eigenvalue weighted by atomic mass is 35.6. The Morgan fingerprint density at radius 2 is 1.49 bits per heavy atom. The lowest BCUT2D eigenvalue weighted by Crippen LogP contribution is -2.52. The van der Waals surface area contributed by atoms with Gasteiger partial charge in [0.05, 0.1) is 12.7 Å². The molecule has 0 saturated carbocycles. The molecule has 1 aliphatic rings. The van der Waals surface area contributed by atoms with Crippen molar-refractivity contribution < 1.29 is 23.1 Å². The van der Waals surface area contributed by atoms with Gasteiger partial charge in [-0.3, -0.25) is 5.41 Å². The molecule has 11 heteroatoms. The summed E-state index contributed by atoms with van der Waals surface area (Å²) in [5.74, 6) is -1.23. The molecule has 1 fully saturated rings. The molecule has 1 N–H and O–H groups in total. The highest BCUT2D eigenvalue weighted by molar-refractivity contribution is 6.76. The van der Waals surface area contributed by atoms with Crippen molar-refractivity contribution >= 4 is 57.3 Å². The van der Waals surface area contributed by atoms with E-state index in [-0.39, 0.29) is 28.9 Å². The van der Waals surface area contributed by atoms with Crippen molar-refractivity contribution in [2.24, 2.45) is 0 Å². The van der Waals surface area contributed by atoms with Crippen molar-refractivity contribution in [2.45, 2.75) is 120 Å². The Balaban J connectivity index is 3.18. The van der Waals surface area contributed by atoms with Gasteiger partial charge >= 0.3 is 0 Å². The Hall–Kier alpha value is 0.354. The maximum absolute atomic E-state index is 7.68. The standard InChI is InChI=1S/C24H46Cl3NO5Si2/c1-21(2,3)34(9,10)30-16-18(33-35(11,12)22(4,5)6)19-17(31-23(7,8)32-19)14-13-15-29-20(28)24(25,26)27/h13-14,17-19,28H,15-16H2,1-12H3/b14-13-,28-20?/t17-,18+,19-/m0/s1. The van der Waals surface area contributed by atoms with Crippen molar-refractivity contribution in [3.8, 4) is 0 Å². The van der Waals surface area contributed by atoms with Crippen molar-refractivity contribution in [3.63, 3.8) is 0 Å². The molecular weight excluding hydrogens is 545 g/mol. The molecule has 3 atom stereocenters. The number of ether oxygens (including phenoxy) is 3. The molecule has 0 unspecified atom stereocenters. The minimum atomic E-state index is -2.15. The van der Waals surface area contributed by atoms with Gasteiger partial charge in [0.25, 0.3) is 3.79 Å². The van der Waals surface area contributed by atoms with E-state index in [9.17, 15) is 0 Å². The van der Waals surface area contributed by atoms with E-state index >= 15 is 0 Å². The van der Waals surface area contributed by atoms with Crippen LogP contribution < -0.4 is 0 Å². The summed E-state index contributed by atoms with van der Waals surface area (Å²) >= 11 is 17.0. The SMILES string of the molecule is CC1(C)O[C@H]([C@@H](CO[Si](C)(C)C(C)(C)C)O[Si](C)(C)C(C)(C)C)[C@H](/C=C\COC(=N)C(Cl)(Cl)Cl)O1. The molecule has 1 heterocycles. The summed E-state index contributed by atoms with van der Waals surface area (Å²) in [7, 11) is -4.17. The molecule has 1 aliphatic heterocycles. The summed E-state index contributed by atoms with van der Waals surface area (Å²) in [5.41, 5.74) is 0. The van der Waals surface area contributed by atoms with E-state index in [1.54, 1.807) is 6.08 Å². The second kappa shape index (κ2) is 11.6. The molecule has 0 aromatic carbocycles. The molecule has 1 rings (SSSR count). The highest BCUT2D eigenvalue weighted by Crippen LogP contribution is 2.41. The van der Waals surface area contributed by atoms with Gasteiger partial charge in [-0.05, 0) is 56.2 Å². The third kappa shape index (κ3) is 9.87. The van der Waals surface area contributed by atoms with Gasteiger partial charge in [-0.2, -0.15) is 0 Å². The van der Waals surface area contributed by atoms with Gasteiger partial charge in [0.15, 0.2) is 22.4 Å². The number of hydrogen-bond acceptors (Lipinski definition) is 6. The van der Waals surface area contributed by atoms with Gasteiger partial charge in [0.1, 0.15) is 18.8 Å². The lowest BCUT2D eigenvalue weighted by Gasteiger charge is -2.43. The van der Waals surface area contributed by atoms with Crippen LogP contribution in [0.5, 0.6) is 0 Å². The largest absolute Gasteiger partial charge is 0.474 e. The third-order valence-electron chi connectivity index (χ3n) is 7.10. The van der Waals surface area contributed by atoms with Crippen LogP contribution in [0.15, 0.2) is 12.2 Å². The first kappa shape index (κ1) is 33.4. The number of rotatable bonds is 9. The zero-order valence-corrected chi connectivity index (χ0v) is 27.7. The Morgan fingerprint density at radius 3 is 1.94 bits per heavy atom. The monoisotopic (exact) mass is 589 g/mol. The molecule has 0 radical (unpaired) electrons. The van der Waals surface area contributed by atoms with Gasteiger partial charge in [-0.25, -0.2) is 0 Å². The Labute approximate surface area is 230 Å². The van der Waals surface area contributed by atoms with E-state index in [0.29, 0.717) is 6.61 Å². The molecule has 0 aromatic heterocycles. The smallest absolute Gasteiger partial charge is 0.265 e. The molecule has 0 aromatic rings. The highest BCUT2D eigenvalue weighted by Gasteiger charge is 2.49. The number of hydrogen-bond donors (Lipinski definition) is 1. The summed E-state index contributed by atoms with van der Waals surface area (Å²) in [5, 5.41) is 7.78. The van der Waals surface area contributed by atoms with Crippen LogP contribution in [0.4, 0.5) is 0 Å². The number of nitrogens with one attached hydrogen (secondary N) is 1. The van der Waals surface area contributed by atoms with Crippen LogP contribution >= 0.6 is 34.8 Å². The molecular formula is C24H46Cl3NO5Si2. The first-order valence-electron chi connectivity index (χ1n) is 12.0. The van der Waals surface area contributed by atoms with E-state index in [4.69, 9.17) is 63.3 Å². The normalized spacial score (nSPS) is 23.1. The summed E-state index contributed by atoms with van der Waals surface area (Å²) in [6.07, 6.45) is 2.51. The fraction of sp³-hybridized carbons (Fsp3) is 0.875. The van der Waals surface area contributed by atoms with Crippen LogP contribution in [0.25, 0.3) is 0 Å². The van der Waals surface area contributed by atoms with Gasteiger partial charge in [0.2, 0.25) is 5.90 Å². The minimum absolute atomic E-state index is 0.0217. The van der Waals surface area contributed by atoms with E-state index in [1.807, 2.05) is 19.9 Å². The van der Waals surface area contributed by atoms with Crippen molar-refractivity contribution in [3.05, 3.63) is 12.2 Å². The molecule has 0 amide bonds. The topological polar surface area (TPSA) is 70.0 Å². The number of halogens is 3. The predicted molar refractivity (Wildman–Crippen MR) is 152 cm³/mol. The average Bonchev–Trinajstić information content (AvgIpc) is 2.93. The van der Waals surface area contributed by atoms with Gasteiger partial charge in [0, 0.05) is 0 Å². The first-order chi connectivity index (χ1) is 15.4. The van der Waals surface area contributed by atoms with Crippen LogP contribution in [0.3, 0.4) is 0 Å². The van der Waals surface area contributed by atoms with E-state index in [1.165, 1.54) is 0 Å². The van der Waals surface area contributed by atoms with Crippen LogP contribution in [0, 0.1) is 5.41 Å². The van der Waals surface area contributed by atoms with Crippen molar-refractivity contribution in [2.75, 3.05) is 13.2 Å². The summed E-state index contributed by atoms with van der Waals surface area (Å²) in [6.45, 7) is 26.5. The lowest BCUT2D eigenvalue weighted by atomic mass is 10.1. The first-order valence-corrected chi connectivity index (χ1v) is 19.0.